The molecule has 1 atom stereocenters. The van der Waals surface area contributed by atoms with E-state index in [1.54, 1.807) is 0 Å². The predicted molar refractivity (Wildman–Crippen MR) is 71.0 cm³/mol. The van der Waals surface area contributed by atoms with E-state index in [1.165, 1.54) is 6.08 Å². The molecular formula is C14H17NO4. The fraction of sp³-hybridized carbons (Fsp3) is 0.286. The molecule has 2 N–H and O–H groups in total. The number of nitrogens with one attached hydrogen (secondary N) is 1. The van der Waals surface area contributed by atoms with Crippen molar-refractivity contribution in [3.8, 4) is 0 Å². The molecule has 0 bridgehead atoms. The summed E-state index contributed by atoms with van der Waals surface area (Å²) in [6.07, 6.45) is 0.836. The maximum atomic E-state index is 11.3. The van der Waals surface area contributed by atoms with Crippen LogP contribution in [0.1, 0.15) is 17.9 Å². The Labute approximate surface area is 111 Å². The third kappa shape index (κ3) is 5.72. The molecule has 0 aromatic heterocycles. The van der Waals surface area contributed by atoms with Crippen molar-refractivity contribution in [2.24, 2.45) is 0 Å². The normalized spacial score (nSPS) is 11.4. The second kappa shape index (κ2) is 7.92. The van der Waals surface area contributed by atoms with Crippen molar-refractivity contribution in [2.45, 2.75) is 12.3 Å². The Morgan fingerprint density at radius 2 is 2.05 bits per heavy atom. The SMILES string of the molecule is C=CCOC(=O)NCC(CC(=O)O)c1ccccc1. The summed E-state index contributed by atoms with van der Waals surface area (Å²) >= 11 is 0. The summed E-state index contributed by atoms with van der Waals surface area (Å²) in [4.78, 5) is 22.1. The standard InChI is InChI=1S/C14H17NO4/c1-2-8-19-14(18)15-10-12(9-13(16)17)11-6-4-3-5-7-11/h2-7,12H,1,8-10H2,(H,15,18)(H,16,17). The van der Waals surface area contributed by atoms with Crippen LogP contribution in [-0.2, 0) is 9.53 Å². The van der Waals surface area contributed by atoms with Crippen LogP contribution in [0, 0.1) is 0 Å². The molecule has 1 unspecified atom stereocenters. The van der Waals surface area contributed by atoms with Gasteiger partial charge >= 0.3 is 12.1 Å². The number of aliphatic carboxylic acids is 1. The Bertz CT molecular complexity index is 430. The third-order valence-electron chi connectivity index (χ3n) is 2.52. The molecule has 19 heavy (non-hydrogen) atoms. The van der Waals surface area contributed by atoms with Crippen LogP contribution in [0.5, 0.6) is 0 Å². The Hall–Kier alpha value is -2.30. The molecule has 0 aliphatic carbocycles. The summed E-state index contributed by atoms with van der Waals surface area (Å²) in [6, 6.07) is 9.20. The Morgan fingerprint density at radius 1 is 1.37 bits per heavy atom. The molecule has 0 aliphatic rings. The van der Waals surface area contributed by atoms with Crippen molar-refractivity contribution in [3.63, 3.8) is 0 Å². The van der Waals surface area contributed by atoms with Gasteiger partial charge in [0.2, 0.25) is 0 Å². The van der Waals surface area contributed by atoms with Crippen molar-refractivity contribution < 1.29 is 19.4 Å². The maximum Gasteiger partial charge on any atom is 0.407 e. The molecule has 0 aliphatic heterocycles. The molecule has 0 saturated heterocycles. The summed E-state index contributed by atoms with van der Waals surface area (Å²) in [5, 5.41) is 11.4. The van der Waals surface area contributed by atoms with Gasteiger partial charge in [0.15, 0.2) is 0 Å². The number of hydrogen-bond donors (Lipinski definition) is 2. The first-order valence-corrected chi connectivity index (χ1v) is 5.91. The van der Waals surface area contributed by atoms with Crippen LogP contribution in [0.25, 0.3) is 0 Å². The van der Waals surface area contributed by atoms with E-state index < -0.39 is 12.1 Å². The molecule has 1 aromatic carbocycles. The van der Waals surface area contributed by atoms with Crippen molar-refractivity contribution in [2.75, 3.05) is 13.2 Å². The fourth-order valence-corrected chi connectivity index (χ4v) is 1.64. The van der Waals surface area contributed by atoms with Gasteiger partial charge in [-0.1, -0.05) is 43.0 Å². The van der Waals surface area contributed by atoms with Crippen LogP contribution in [0.2, 0.25) is 0 Å². The predicted octanol–water partition coefficient (Wildman–Crippen LogP) is 2.16. The highest BCUT2D eigenvalue weighted by molar-refractivity contribution is 5.69. The minimum atomic E-state index is -0.907. The topological polar surface area (TPSA) is 75.6 Å². The molecule has 0 spiro atoms. The average Bonchev–Trinajstić information content (AvgIpc) is 2.41. The van der Waals surface area contributed by atoms with E-state index in [-0.39, 0.29) is 25.5 Å². The second-order valence-electron chi connectivity index (χ2n) is 3.97. The van der Waals surface area contributed by atoms with Crippen molar-refractivity contribution in [1.29, 1.82) is 0 Å². The summed E-state index contributed by atoms with van der Waals surface area (Å²) < 4.78 is 4.77. The number of carbonyl (C=O) groups is 2. The molecule has 5 heteroatoms. The summed E-state index contributed by atoms with van der Waals surface area (Å²) in [5.41, 5.74) is 0.869. The maximum absolute atomic E-state index is 11.3. The number of carboxylic acid groups (broad SMARTS) is 1. The van der Waals surface area contributed by atoms with Gasteiger partial charge in [-0.2, -0.15) is 0 Å². The first kappa shape index (κ1) is 14.8. The lowest BCUT2D eigenvalue weighted by atomic mass is 9.96. The smallest absolute Gasteiger partial charge is 0.407 e. The van der Waals surface area contributed by atoms with E-state index in [1.807, 2.05) is 30.3 Å². The monoisotopic (exact) mass is 263 g/mol. The highest BCUT2D eigenvalue weighted by Crippen LogP contribution is 2.18. The van der Waals surface area contributed by atoms with E-state index in [4.69, 9.17) is 9.84 Å². The molecule has 1 amide bonds. The zero-order valence-corrected chi connectivity index (χ0v) is 10.5. The van der Waals surface area contributed by atoms with E-state index in [0.717, 1.165) is 5.56 Å². The van der Waals surface area contributed by atoms with Gasteiger partial charge in [-0.05, 0) is 5.56 Å². The highest BCUT2D eigenvalue weighted by atomic mass is 16.5. The lowest BCUT2D eigenvalue weighted by Crippen LogP contribution is -2.30. The molecule has 0 saturated carbocycles. The third-order valence-corrected chi connectivity index (χ3v) is 2.52. The van der Waals surface area contributed by atoms with Crippen LogP contribution in [0.3, 0.4) is 0 Å². The van der Waals surface area contributed by atoms with Gasteiger partial charge in [0, 0.05) is 12.5 Å². The number of ether oxygens (including phenoxy) is 1. The van der Waals surface area contributed by atoms with Gasteiger partial charge in [0.1, 0.15) is 6.61 Å². The van der Waals surface area contributed by atoms with Gasteiger partial charge in [0.05, 0.1) is 6.42 Å². The molecule has 0 fully saturated rings. The minimum Gasteiger partial charge on any atom is -0.481 e. The first-order chi connectivity index (χ1) is 9.13. The largest absolute Gasteiger partial charge is 0.481 e. The summed E-state index contributed by atoms with van der Waals surface area (Å²) in [5.74, 6) is -1.19. The minimum absolute atomic E-state index is 0.0498. The zero-order chi connectivity index (χ0) is 14.1. The Kier molecular flexibility index (Phi) is 6.15. The first-order valence-electron chi connectivity index (χ1n) is 5.91. The van der Waals surface area contributed by atoms with Gasteiger partial charge < -0.3 is 15.2 Å². The number of benzene rings is 1. The lowest BCUT2D eigenvalue weighted by Gasteiger charge is -2.16. The molecule has 102 valence electrons. The fourth-order valence-electron chi connectivity index (χ4n) is 1.64. The Balaban J connectivity index is 2.58. The van der Waals surface area contributed by atoms with E-state index in [9.17, 15) is 9.59 Å². The van der Waals surface area contributed by atoms with Crippen LogP contribution in [0.4, 0.5) is 4.79 Å². The molecule has 1 rings (SSSR count). The molecular weight excluding hydrogens is 246 g/mol. The van der Waals surface area contributed by atoms with Crippen LogP contribution >= 0.6 is 0 Å². The highest BCUT2D eigenvalue weighted by Gasteiger charge is 2.16. The number of carboxylic acids is 1. The summed E-state index contributed by atoms with van der Waals surface area (Å²) in [7, 11) is 0. The van der Waals surface area contributed by atoms with Gasteiger partial charge in [-0.3, -0.25) is 4.79 Å². The van der Waals surface area contributed by atoms with Crippen LogP contribution < -0.4 is 5.32 Å². The average molecular weight is 263 g/mol. The van der Waals surface area contributed by atoms with E-state index in [2.05, 4.69) is 11.9 Å². The van der Waals surface area contributed by atoms with Gasteiger partial charge in [-0.25, -0.2) is 4.79 Å². The molecule has 0 radical (unpaired) electrons. The quantitative estimate of drug-likeness (QED) is 0.739. The van der Waals surface area contributed by atoms with Crippen LogP contribution in [0.15, 0.2) is 43.0 Å². The zero-order valence-electron chi connectivity index (χ0n) is 10.5. The van der Waals surface area contributed by atoms with Crippen molar-refractivity contribution in [1.82, 2.24) is 5.32 Å². The second-order valence-corrected chi connectivity index (χ2v) is 3.97. The van der Waals surface area contributed by atoms with E-state index >= 15 is 0 Å². The molecule has 0 heterocycles. The van der Waals surface area contributed by atoms with Crippen molar-refractivity contribution in [3.05, 3.63) is 48.6 Å². The molecule has 5 nitrogen and oxygen atoms in total. The van der Waals surface area contributed by atoms with Crippen molar-refractivity contribution >= 4 is 12.1 Å². The number of amides is 1. The number of alkyl carbamates (subject to hydrolysis) is 1. The van der Waals surface area contributed by atoms with E-state index in [0.29, 0.717) is 0 Å². The Morgan fingerprint density at radius 3 is 2.63 bits per heavy atom. The summed E-state index contributed by atoms with van der Waals surface area (Å²) in [6.45, 7) is 3.77. The number of rotatable bonds is 7. The lowest BCUT2D eigenvalue weighted by molar-refractivity contribution is -0.137. The van der Waals surface area contributed by atoms with Gasteiger partial charge in [-0.15, -0.1) is 0 Å². The molecule has 1 aromatic rings. The number of hydrogen-bond acceptors (Lipinski definition) is 3. The number of carbonyl (C=O) groups excluding carboxylic acids is 1. The van der Waals surface area contributed by atoms with Gasteiger partial charge in [0.25, 0.3) is 0 Å². The van der Waals surface area contributed by atoms with Crippen LogP contribution in [-0.4, -0.2) is 30.3 Å².